The largest absolute Gasteiger partial charge is 0.469 e. The molecule has 0 radical (unpaired) electrons. The molecule has 2 unspecified atom stereocenters. The van der Waals surface area contributed by atoms with Crippen molar-refractivity contribution in [3.05, 3.63) is 58.6 Å². The van der Waals surface area contributed by atoms with Crippen molar-refractivity contribution >= 4 is 46.3 Å². The van der Waals surface area contributed by atoms with Crippen LogP contribution in [0.5, 0.6) is 0 Å². The molecule has 0 fully saturated rings. The third-order valence-corrected chi connectivity index (χ3v) is 5.17. The van der Waals surface area contributed by atoms with Gasteiger partial charge in [-0.3, -0.25) is 18.4 Å². The standard InChI is InChI=1S/C21H22ClN3O6S/c1-14(31-32(28)29)13-25(18-8-3-15(4-9-18)5-10-20(26)30-2)21(27)24-17-7-6-16(12-23)19(22)11-17/h3-4,6-9,11,14H,5,10,13H2,1-2H3,(H,24,27)(H,28,29). The number of carbonyl (C=O) groups excluding carboxylic acids is 2. The lowest BCUT2D eigenvalue weighted by Crippen LogP contribution is -2.40. The fraction of sp³-hybridized carbons (Fsp3) is 0.286. The van der Waals surface area contributed by atoms with Gasteiger partial charge in [0.1, 0.15) is 6.07 Å². The van der Waals surface area contributed by atoms with Gasteiger partial charge in [0.05, 0.1) is 30.3 Å². The first-order chi connectivity index (χ1) is 15.2. The van der Waals surface area contributed by atoms with Gasteiger partial charge in [-0.05, 0) is 49.2 Å². The number of rotatable bonds is 9. The van der Waals surface area contributed by atoms with Crippen LogP contribution in [-0.4, -0.2) is 40.5 Å². The van der Waals surface area contributed by atoms with Crippen LogP contribution >= 0.6 is 11.6 Å². The molecule has 0 bridgehead atoms. The summed E-state index contributed by atoms with van der Waals surface area (Å²) in [5, 5.41) is 11.9. The van der Waals surface area contributed by atoms with E-state index in [4.69, 9.17) is 25.6 Å². The Kier molecular flexibility index (Phi) is 9.61. The van der Waals surface area contributed by atoms with E-state index in [1.807, 2.05) is 6.07 Å². The minimum Gasteiger partial charge on any atom is -0.469 e. The number of carbonyl (C=O) groups is 2. The first-order valence-electron chi connectivity index (χ1n) is 9.45. The van der Waals surface area contributed by atoms with Gasteiger partial charge in [-0.25, -0.2) is 4.79 Å². The van der Waals surface area contributed by atoms with Gasteiger partial charge in [-0.2, -0.15) is 9.47 Å². The fourth-order valence-electron chi connectivity index (χ4n) is 2.80. The molecule has 0 aliphatic rings. The minimum absolute atomic E-state index is 0.0242. The predicted molar refractivity (Wildman–Crippen MR) is 121 cm³/mol. The highest BCUT2D eigenvalue weighted by Crippen LogP contribution is 2.23. The zero-order valence-electron chi connectivity index (χ0n) is 17.4. The van der Waals surface area contributed by atoms with Gasteiger partial charge in [0, 0.05) is 17.8 Å². The second-order valence-corrected chi connectivity index (χ2v) is 7.75. The van der Waals surface area contributed by atoms with E-state index < -0.39 is 23.5 Å². The molecular weight excluding hydrogens is 458 g/mol. The van der Waals surface area contributed by atoms with E-state index in [1.54, 1.807) is 37.3 Å². The second kappa shape index (κ2) is 12.2. The maximum Gasteiger partial charge on any atom is 0.326 e. The molecule has 32 heavy (non-hydrogen) atoms. The van der Waals surface area contributed by atoms with Crippen LogP contribution in [0.2, 0.25) is 5.02 Å². The van der Waals surface area contributed by atoms with E-state index >= 15 is 0 Å². The Hall–Kier alpha value is -2.97. The van der Waals surface area contributed by atoms with Crippen molar-refractivity contribution in [2.24, 2.45) is 0 Å². The van der Waals surface area contributed by atoms with Crippen molar-refractivity contribution in [2.45, 2.75) is 25.9 Å². The molecule has 2 aromatic carbocycles. The summed E-state index contributed by atoms with van der Waals surface area (Å²) in [7, 11) is 1.33. The van der Waals surface area contributed by atoms with Crippen LogP contribution in [0.3, 0.4) is 0 Å². The second-order valence-electron chi connectivity index (χ2n) is 6.71. The number of esters is 1. The predicted octanol–water partition coefficient (Wildman–Crippen LogP) is 3.90. The Bertz CT molecular complexity index is 1030. The molecule has 0 aromatic heterocycles. The molecule has 0 aliphatic heterocycles. The molecule has 2 amide bonds. The molecular formula is C21H22ClN3O6S. The molecule has 2 atom stereocenters. The quantitative estimate of drug-likeness (QED) is 0.412. The van der Waals surface area contributed by atoms with E-state index in [1.165, 1.54) is 24.1 Å². The van der Waals surface area contributed by atoms with Crippen molar-refractivity contribution in [1.29, 1.82) is 5.26 Å². The Morgan fingerprint density at radius 1 is 1.28 bits per heavy atom. The van der Waals surface area contributed by atoms with Crippen molar-refractivity contribution in [3.63, 3.8) is 0 Å². The van der Waals surface area contributed by atoms with Crippen molar-refractivity contribution in [1.82, 2.24) is 0 Å². The number of halogens is 1. The van der Waals surface area contributed by atoms with Gasteiger partial charge < -0.3 is 10.1 Å². The lowest BCUT2D eigenvalue weighted by atomic mass is 10.1. The molecule has 0 saturated carbocycles. The Labute approximate surface area is 193 Å². The number of nitrogens with one attached hydrogen (secondary N) is 1. The van der Waals surface area contributed by atoms with E-state index in [0.717, 1.165) is 5.56 Å². The maximum absolute atomic E-state index is 13.0. The summed E-state index contributed by atoms with van der Waals surface area (Å²) in [6.45, 7) is 1.53. The molecule has 11 heteroatoms. The van der Waals surface area contributed by atoms with Crippen molar-refractivity contribution in [2.75, 3.05) is 23.9 Å². The monoisotopic (exact) mass is 479 g/mol. The van der Waals surface area contributed by atoms with Crippen molar-refractivity contribution in [3.8, 4) is 6.07 Å². The first kappa shape index (κ1) is 25.3. The number of hydrogen-bond donors (Lipinski definition) is 2. The fourth-order valence-corrected chi connectivity index (χ4v) is 3.36. The number of amides is 2. The van der Waals surface area contributed by atoms with E-state index in [9.17, 15) is 13.8 Å². The van der Waals surface area contributed by atoms with Gasteiger partial charge in [-0.1, -0.05) is 23.7 Å². The minimum atomic E-state index is -2.49. The Morgan fingerprint density at radius 3 is 2.53 bits per heavy atom. The van der Waals surface area contributed by atoms with Crippen LogP contribution in [0.25, 0.3) is 0 Å². The van der Waals surface area contributed by atoms with Crippen LogP contribution < -0.4 is 10.2 Å². The zero-order valence-corrected chi connectivity index (χ0v) is 19.0. The molecule has 0 saturated heterocycles. The first-order valence-corrected chi connectivity index (χ1v) is 10.9. The molecule has 0 spiro atoms. The number of nitrogens with zero attached hydrogens (tertiary/aromatic N) is 2. The van der Waals surface area contributed by atoms with Crippen molar-refractivity contribution < 1.29 is 27.3 Å². The molecule has 2 rings (SSSR count). The molecule has 170 valence electrons. The maximum atomic E-state index is 13.0. The number of benzene rings is 2. The zero-order chi connectivity index (χ0) is 23.7. The van der Waals surface area contributed by atoms with Crippen LogP contribution in [0, 0.1) is 11.3 Å². The van der Waals surface area contributed by atoms with E-state index in [0.29, 0.717) is 17.8 Å². The summed E-state index contributed by atoms with van der Waals surface area (Å²) in [6, 6.07) is 12.8. The summed E-state index contributed by atoms with van der Waals surface area (Å²) in [5.74, 6) is -0.320. The van der Waals surface area contributed by atoms with Crippen LogP contribution in [0.1, 0.15) is 24.5 Å². The highest BCUT2D eigenvalue weighted by atomic mass is 35.5. The topological polar surface area (TPSA) is 129 Å². The molecule has 0 aliphatic carbocycles. The Morgan fingerprint density at radius 2 is 1.97 bits per heavy atom. The highest BCUT2D eigenvalue weighted by molar-refractivity contribution is 7.74. The number of ether oxygens (including phenoxy) is 1. The molecule has 2 aromatic rings. The van der Waals surface area contributed by atoms with Crippen LogP contribution in [0.4, 0.5) is 16.2 Å². The van der Waals surface area contributed by atoms with Gasteiger partial charge in [0.25, 0.3) is 0 Å². The summed E-state index contributed by atoms with van der Waals surface area (Å²) in [5.41, 5.74) is 2.02. The summed E-state index contributed by atoms with van der Waals surface area (Å²) in [6.07, 6.45) is -0.0476. The average Bonchev–Trinajstić information content (AvgIpc) is 2.75. The van der Waals surface area contributed by atoms with E-state index in [2.05, 4.69) is 10.1 Å². The SMILES string of the molecule is COC(=O)CCc1ccc(N(CC(C)OS(=O)O)C(=O)Nc2ccc(C#N)c(Cl)c2)cc1. The van der Waals surface area contributed by atoms with E-state index in [-0.39, 0.29) is 29.5 Å². The Balaban J connectivity index is 2.22. The third kappa shape index (κ3) is 7.62. The molecule has 9 nitrogen and oxygen atoms in total. The van der Waals surface area contributed by atoms with Crippen LogP contribution in [-0.2, 0) is 31.5 Å². The van der Waals surface area contributed by atoms with Crippen LogP contribution in [0.15, 0.2) is 42.5 Å². The number of hydrogen-bond acceptors (Lipinski definition) is 6. The normalized spacial score (nSPS) is 12.3. The smallest absolute Gasteiger partial charge is 0.326 e. The van der Waals surface area contributed by atoms with Gasteiger partial charge in [0.2, 0.25) is 0 Å². The number of anilines is 2. The van der Waals surface area contributed by atoms with Gasteiger partial charge >= 0.3 is 23.4 Å². The van der Waals surface area contributed by atoms with Gasteiger partial charge in [0.15, 0.2) is 0 Å². The number of methoxy groups -OCH3 is 1. The van der Waals surface area contributed by atoms with Gasteiger partial charge in [-0.15, -0.1) is 0 Å². The summed E-state index contributed by atoms with van der Waals surface area (Å²) >= 11 is 3.54. The third-order valence-electron chi connectivity index (χ3n) is 4.37. The lowest BCUT2D eigenvalue weighted by Gasteiger charge is -2.26. The molecule has 2 N–H and O–H groups in total. The highest BCUT2D eigenvalue weighted by Gasteiger charge is 2.21. The number of nitriles is 1. The number of urea groups is 1. The number of aryl methyl sites for hydroxylation is 1. The summed E-state index contributed by atoms with van der Waals surface area (Å²) < 4.78 is 29.4. The lowest BCUT2D eigenvalue weighted by molar-refractivity contribution is -0.140. The summed E-state index contributed by atoms with van der Waals surface area (Å²) in [4.78, 5) is 25.7. The average molecular weight is 480 g/mol. The molecule has 0 heterocycles.